The molecule has 0 amide bonds. The van der Waals surface area contributed by atoms with Gasteiger partial charge < -0.3 is 10.2 Å². The zero-order valence-corrected chi connectivity index (χ0v) is 15.7. The molecule has 1 aromatic heterocycles. The van der Waals surface area contributed by atoms with E-state index in [0.29, 0.717) is 0 Å². The minimum absolute atomic E-state index is 0.853. The molecular formula is C16H28N4S2. The summed E-state index contributed by atoms with van der Waals surface area (Å²) < 4.78 is 0. The van der Waals surface area contributed by atoms with Crippen LogP contribution in [0.3, 0.4) is 0 Å². The van der Waals surface area contributed by atoms with Crippen molar-refractivity contribution < 1.29 is 0 Å². The Morgan fingerprint density at radius 1 is 1.41 bits per heavy atom. The van der Waals surface area contributed by atoms with Crippen LogP contribution in [-0.2, 0) is 19.4 Å². The summed E-state index contributed by atoms with van der Waals surface area (Å²) in [6, 6.07) is 0. The summed E-state index contributed by atoms with van der Waals surface area (Å²) in [5, 5.41) is 4.61. The fourth-order valence-electron chi connectivity index (χ4n) is 2.61. The van der Waals surface area contributed by atoms with Gasteiger partial charge in [-0.05, 0) is 51.0 Å². The molecule has 1 heterocycles. The van der Waals surface area contributed by atoms with E-state index in [0.717, 1.165) is 32.0 Å². The van der Waals surface area contributed by atoms with Crippen molar-refractivity contribution in [1.82, 2.24) is 15.2 Å². The van der Waals surface area contributed by atoms with Gasteiger partial charge >= 0.3 is 0 Å². The van der Waals surface area contributed by atoms with Gasteiger partial charge in [0, 0.05) is 25.0 Å². The number of nitrogens with one attached hydrogen (secondary N) is 1. The molecule has 1 aromatic rings. The molecule has 4 nitrogen and oxygen atoms in total. The summed E-state index contributed by atoms with van der Waals surface area (Å²) in [5.74, 6) is 2.17. The average molecular weight is 341 g/mol. The van der Waals surface area contributed by atoms with Gasteiger partial charge in [0.1, 0.15) is 5.01 Å². The quantitative estimate of drug-likeness (QED) is 0.470. The number of guanidine groups is 1. The number of nitrogens with zero attached hydrogens (tertiary/aromatic N) is 3. The highest BCUT2D eigenvalue weighted by molar-refractivity contribution is 7.98. The Labute approximate surface area is 142 Å². The van der Waals surface area contributed by atoms with Gasteiger partial charge in [-0.3, -0.25) is 4.99 Å². The molecular weight excluding hydrogens is 312 g/mol. The van der Waals surface area contributed by atoms with Crippen LogP contribution < -0.4 is 5.32 Å². The van der Waals surface area contributed by atoms with Gasteiger partial charge in [0.05, 0.1) is 12.2 Å². The predicted octanol–water partition coefficient (Wildman–Crippen LogP) is 3.17. The van der Waals surface area contributed by atoms with Crippen LogP contribution in [0.4, 0.5) is 0 Å². The van der Waals surface area contributed by atoms with Crippen molar-refractivity contribution in [1.29, 1.82) is 0 Å². The summed E-state index contributed by atoms with van der Waals surface area (Å²) >= 11 is 3.77. The van der Waals surface area contributed by atoms with Gasteiger partial charge in [0.2, 0.25) is 0 Å². The van der Waals surface area contributed by atoms with Gasteiger partial charge in [0.15, 0.2) is 5.96 Å². The lowest BCUT2D eigenvalue weighted by molar-refractivity contribution is 0.475. The minimum Gasteiger partial charge on any atom is -0.357 e. The molecule has 0 saturated heterocycles. The fraction of sp³-hybridized carbons (Fsp3) is 0.750. The Morgan fingerprint density at radius 2 is 2.23 bits per heavy atom. The molecule has 1 aliphatic carbocycles. The third-order valence-electron chi connectivity index (χ3n) is 3.73. The monoisotopic (exact) mass is 340 g/mol. The zero-order valence-electron chi connectivity index (χ0n) is 14.0. The van der Waals surface area contributed by atoms with E-state index in [9.17, 15) is 0 Å². The number of aromatic nitrogens is 1. The van der Waals surface area contributed by atoms with Crippen LogP contribution in [0.2, 0.25) is 0 Å². The third-order valence-corrected chi connectivity index (χ3v) is 5.57. The number of hydrogen-bond donors (Lipinski definition) is 1. The molecule has 0 bridgehead atoms. The van der Waals surface area contributed by atoms with Crippen molar-refractivity contribution in [2.24, 2.45) is 4.99 Å². The molecule has 0 radical (unpaired) electrons. The van der Waals surface area contributed by atoms with E-state index in [4.69, 9.17) is 9.98 Å². The van der Waals surface area contributed by atoms with Crippen LogP contribution in [0.15, 0.2) is 4.99 Å². The largest absolute Gasteiger partial charge is 0.357 e. The highest BCUT2D eigenvalue weighted by Gasteiger charge is 2.16. The second kappa shape index (κ2) is 9.40. The second-order valence-electron chi connectivity index (χ2n) is 5.62. The van der Waals surface area contributed by atoms with Crippen molar-refractivity contribution in [3.63, 3.8) is 0 Å². The van der Waals surface area contributed by atoms with Crippen molar-refractivity contribution in [3.8, 4) is 0 Å². The lowest BCUT2D eigenvalue weighted by atomic mass is 10.0. The molecule has 0 atom stereocenters. The molecule has 0 aromatic carbocycles. The molecule has 0 saturated carbocycles. The lowest BCUT2D eigenvalue weighted by Gasteiger charge is -2.20. The van der Waals surface area contributed by atoms with Gasteiger partial charge in [-0.15, -0.1) is 11.3 Å². The summed E-state index contributed by atoms with van der Waals surface area (Å²) in [5.41, 5.74) is 1.35. The summed E-state index contributed by atoms with van der Waals surface area (Å²) in [7, 11) is 2.11. The number of rotatable bonds is 7. The number of aryl methyl sites for hydroxylation is 2. The smallest absolute Gasteiger partial charge is 0.194 e. The van der Waals surface area contributed by atoms with E-state index in [2.05, 4.69) is 30.4 Å². The summed E-state index contributed by atoms with van der Waals surface area (Å²) in [4.78, 5) is 13.3. The Hall–Kier alpha value is -0.750. The molecule has 1 N–H and O–H groups in total. The fourth-order valence-corrected chi connectivity index (χ4v) is 4.24. The Morgan fingerprint density at radius 3 is 2.95 bits per heavy atom. The van der Waals surface area contributed by atoms with Gasteiger partial charge in [-0.2, -0.15) is 11.8 Å². The maximum Gasteiger partial charge on any atom is 0.194 e. The highest BCUT2D eigenvalue weighted by atomic mass is 32.2. The first kappa shape index (κ1) is 17.6. The molecule has 0 unspecified atom stereocenters. The first-order valence-corrected chi connectivity index (χ1v) is 10.4. The molecule has 1 aliphatic rings. The first-order chi connectivity index (χ1) is 10.7. The van der Waals surface area contributed by atoms with Crippen LogP contribution in [0.25, 0.3) is 0 Å². The summed E-state index contributed by atoms with van der Waals surface area (Å²) in [6.07, 6.45) is 8.29. The number of fused-ring (bicyclic) bond motifs is 1. The third kappa shape index (κ3) is 5.16. The second-order valence-corrected chi connectivity index (χ2v) is 7.78. The molecule has 0 aliphatic heterocycles. The van der Waals surface area contributed by atoms with Gasteiger partial charge in [0.25, 0.3) is 0 Å². The van der Waals surface area contributed by atoms with Crippen molar-refractivity contribution in [3.05, 3.63) is 15.6 Å². The standard InChI is InChI=1S/C16H28N4S2/c1-4-17-16(18-10-7-11-21-3)20(2)12-15-19-13-8-5-6-9-14(13)22-15/h4-12H2,1-3H3,(H,17,18). The molecule has 22 heavy (non-hydrogen) atoms. The van der Waals surface area contributed by atoms with Crippen LogP contribution >= 0.6 is 23.1 Å². The Bertz CT molecular complexity index is 461. The normalized spacial score (nSPS) is 14.8. The Kier molecular flexibility index (Phi) is 7.52. The average Bonchev–Trinajstić information content (AvgIpc) is 2.92. The van der Waals surface area contributed by atoms with Crippen LogP contribution in [-0.4, -0.2) is 48.0 Å². The maximum absolute atomic E-state index is 4.83. The minimum atomic E-state index is 0.853. The topological polar surface area (TPSA) is 40.5 Å². The van der Waals surface area contributed by atoms with Crippen LogP contribution in [0, 0.1) is 0 Å². The first-order valence-electron chi connectivity index (χ1n) is 8.20. The lowest BCUT2D eigenvalue weighted by Crippen LogP contribution is -2.38. The predicted molar refractivity (Wildman–Crippen MR) is 99.2 cm³/mol. The zero-order chi connectivity index (χ0) is 15.8. The van der Waals surface area contributed by atoms with Crippen molar-refractivity contribution in [2.75, 3.05) is 32.1 Å². The van der Waals surface area contributed by atoms with E-state index < -0.39 is 0 Å². The number of thiazole rings is 1. The summed E-state index contributed by atoms with van der Waals surface area (Å²) in [6.45, 7) is 4.77. The Balaban J connectivity index is 1.94. The maximum atomic E-state index is 4.83. The van der Waals surface area contributed by atoms with Crippen molar-refractivity contribution >= 4 is 29.1 Å². The van der Waals surface area contributed by atoms with E-state index in [-0.39, 0.29) is 0 Å². The number of thioether (sulfide) groups is 1. The molecule has 124 valence electrons. The molecule has 0 spiro atoms. The van der Waals surface area contributed by atoms with Crippen molar-refractivity contribution in [2.45, 2.75) is 45.6 Å². The number of aliphatic imine (C=N–C) groups is 1. The molecule has 6 heteroatoms. The van der Waals surface area contributed by atoms with E-state index >= 15 is 0 Å². The van der Waals surface area contributed by atoms with Crippen LogP contribution in [0.5, 0.6) is 0 Å². The molecule has 0 fully saturated rings. The SMILES string of the molecule is CCNC(=NCCCSC)N(C)Cc1nc2c(s1)CCCC2. The molecule has 2 rings (SSSR count). The van der Waals surface area contributed by atoms with Gasteiger partial charge in [-0.1, -0.05) is 0 Å². The van der Waals surface area contributed by atoms with E-state index in [1.165, 1.54) is 47.0 Å². The van der Waals surface area contributed by atoms with E-state index in [1.807, 2.05) is 23.1 Å². The van der Waals surface area contributed by atoms with Gasteiger partial charge in [-0.25, -0.2) is 4.98 Å². The highest BCUT2D eigenvalue weighted by Crippen LogP contribution is 2.27. The van der Waals surface area contributed by atoms with E-state index in [1.54, 1.807) is 0 Å². The van der Waals surface area contributed by atoms with Crippen LogP contribution in [0.1, 0.15) is 41.8 Å². The number of hydrogen-bond acceptors (Lipinski definition) is 4.